The maximum atomic E-state index is 13.4. The van der Waals surface area contributed by atoms with Gasteiger partial charge in [-0.25, -0.2) is 8.78 Å². The predicted molar refractivity (Wildman–Crippen MR) is 68.0 cm³/mol. The van der Waals surface area contributed by atoms with Gasteiger partial charge >= 0.3 is 0 Å². The largest absolute Gasteiger partial charge is 0.324 e. The third kappa shape index (κ3) is 2.93. The number of hydrogen-bond donors (Lipinski definition) is 1. The minimum absolute atomic E-state index is 0.158. The van der Waals surface area contributed by atoms with Crippen LogP contribution in [0.15, 0.2) is 48.5 Å². The van der Waals surface area contributed by atoms with Crippen LogP contribution < -0.4 is 5.73 Å². The molecule has 0 aliphatic heterocycles. The molecule has 3 heteroatoms. The second-order valence-corrected chi connectivity index (χ2v) is 4.27. The summed E-state index contributed by atoms with van der Waals surface area (Å²) in [4.78, 5) is 0. The summed E-state index contributed by atoms with van der Waals surface area (Å²) in [5.41, 5.74) is 7.40. The van der Waals surface area contributed by atoms with E-state index in [1.807, 2.05) is 30.3 Å². The van der Waals surface area contributed by atoms with Crippen LogP contribution >= 0.6 is 0 Å². The Bertz CT molecular complexity index is 511. The first-order valence-electron chi connectivity index (χ1n) is 5.92. The predicted octanol–water partition coefficient (Wildman–Crippen LogP) is 3.60. The Kier molecular flexibility index (Phi) is 4.05. The monoisotopic (exact) mass is 247 g/mol. The number of rotatable bonds is 4. The molecule has 2 aromatic carbocycles. The van der Waals surface area contributed by atoms with Gasteiger partial charge in [-0.05, 0) is 30.0 Å². The summed E-state index contributed by atoms with van der Waals surface area (Å²) >= 11 is 0. The van der Waals surface area contributed by atoms with Crippen molar-refractivity contribution >= 4 is 0 Å². The summed E-state index contributed by atoms with van der Waals surface area (Å²) in [5.74, 6) is -1.57. The van der Waals surface area contributed by atoms with Crippen LogP contribution in [0.2, 0.25) is 0 Å². The third-order valence-corrected chi connectivity index (χ3v) is 2.98. The molecule has 0 radical (unpaired) electrons. The first kappa shape index (κ1) is 12.7. The summed E-state index contributed by atoms with van der Waals surface area (Å²) in [5, 5.41) is 0. The number of nitrogens with two attached hydrogens (primary N) is 1. The highest BCUT2D eigenvalue weighted by Crippen LogP contribution is 2.19. The lowest BCUT2D eigenvalue weighted by Gasteiger charge is -2.12. The van der Waals surface area contributed by atoms with Crippen LogP contribution in [0.25, 0.3) is 0 Å². The van der Waals surface area contributed by atoms with Crippen molar-refractivity contribution in [2.24, 2.45) is 5.73 Å². The van der Waals surface area contributed by atoms with Gasteiger partial charge in [0.2, 0.25) is 0 Å². The summed E-state index contributed by atoms with van der Waals surface area (Å²) in [6, 6.07) is 13.7. The zero-order valence-corrected chi connectivity index (χ0v) is 9.94. The van der Waals surface area contributed by atoms with Crippen LogP contribution in [0, 0.1) is 11.6 Å². The van der Waals surface area contributed by atoms with E-state index in [0.717, 1.165) is 11.6 Å². The normalized spacial score (nSPS) is 12.4. The van der Waals surface area contributed by atoms with E-state index < -0.39 is 11.6 Å². The lowest BCUT2D eigenvalue weighted by molar-refractivity contribution is 0.494. The van der Waals surface area contributed by atoms with Gasteiger partial charge in [-0.1, -0.05) is 42.5 Å². The second kappa shape index (κ2) is 5.74. The van der Waals surface area contributed by atoms with Gasteiger partial charge < -0.3 is 5.73 Å². The van der Waals surface area contributed by atoms with Crippen molar-refractivity contribution in [2.75, 3.05) is 0 Å². The molecule has 1 unspecified atom stereocenters. The molecule has 0 amide bonds. The second-order valence-electron chi connectivity index (χ2n) is 4.27. The molecule has 2 aromatic rings. The van der Waals surface area contributed by atoms with Crippen molar-refractivity contribution in [3.05, 3.63) is 71.3 Å². The van der Waals surface area contributed by atoms with E-state index in [9.17, 15) is 8.78 Å². The summed E-state index contributed by atoms with van der Waals surface area (Å²) < 4.78 is 26.5. The average molecular weight is 247 g/mol. The number of aryl methyl sites for hydroxylation is 1. The van der Waals surface area contributed by atoms with Crippen molar-refractivity contribution < 1.29 is 8.78 Å². The average Bonchev–Trinajstić information content (AvgIpc) is 2.41. The molecule has 0 bridgehead atoms. The Labute approximate surface area is 105 Å². The molecule has 0 aliphatic rings. The highest BCUT2D eigenvalue weighted by molar-refractivity contribution is 5.21. The van der Waals surface area contributed by atoms with Crippen LogP contribution in [-0.2, 0) is 6.42 Å². The molecule has 1 atom stereocenters. The fraction of sp³-hybridized carbons (Fsp3) is 0.200. The fourth-order valence-corrected chi connectivity index (χ4v) is 1.92. The first-order valence-corrected chi connectivity index (χ1v) is 5.92. The SMILES string of the molecule is NC(CCc1cccc(F)c1F)c1ccccc1. The Balaban J connectivity index is 2.02. The number of halogens is 2. The van der Waals surface area contributed by atoms with Crippen molar-refractivity contribution in [1.82, 2.24) is 0 Å². The third-order valence-electron chi connectivity index (χ3n) is 2.98. The maximum Gasteiger partial charge on any atom is 0.162 e. The van der Waals surface area contributed by atoms with Gasteiger partial charge in [0.25, 0.3) is 0 Å². The van der Waals surface area contributed by atoms with Gasteiger partial charge in [0.05, 0.1) is 0 Å². The summed E-state index contributed by atoms with van der Waals surface area (Å²) in [6.07, 6.45) is 1.02. The van der Waals surface area contributed by atoms with Crippen molar-refractivity contribution in [3.8, 4) is 0 Å². The molecule has 0 aliphatic carbocycles. The van der Waals surface area contributed by atoms with Crippen LogP contribution in [0.1, 0.15) is 23.6 Å². The molecule has 0 saturated carbocycles. The fourth-order valence-electron chi connectivity index (χ4n) is 1.92. The van der Waals surface area contributed by atoms with E-state index in [2.05, 4.69) is 0 Å². The molecule has 0 spiro atoms. The van der Waals surface area contributed by atoms with E-state index in [4.69, 9.17) is 5.73 Å². The van der Waals surface area contributed by atoms with Crippen LogP contribution in [0.5, 0.6) is 0 Å². The highest BCUT2D eigenvalue weighted by atomic mass is 19.2. The Morgan fingerprint density at radius 2 is 1.67 bits per heavy atom. The molecule has 0 aromatic heterocycles. The molecular formula is C15H15F2N. The first-order chi connectivity index (χ1) is 8.68. The van der Waals surface area contributed by atoms with Crippen LogP contribution in [0.4, 0.5) is 8.78 Å². The van der Waals surface area contributed by atoms with Crippen LogP contribution in [0.3, 0.4) is 0 Å². The summed E-state index contributed by atoms with van der Waals surface area (Å²) in [7, 11) is 0. The van der Waals surface area contributed by atoms with Gasteiger partial charge in [-0.3, -0.25) is 0 Å². The highest BCUT2D eigenvalue weighted by Gasteiger charge is 2.10. The Morgan fingerprint density at radius 1 is 0.944 bits per heavy atom. The van der Waals surface area contributed by atoms with Gasteiger partial charge in [0.1, 0.15) is 0 Å². The smallest absolute Gasteiger partial charge is 0.162 e. The molecule has 1 nitrogen and oxygen atoms in total. The standard InChI is InChI=1S/C15H15F2N/c16-13-8-4-7-12(15(13)17)9-10-14(18)11-5-2-1-3-6-11/h1-8,14H,9-10,18H2. The van der Waals surface area contributed by atoms with Crippen LogP contribution in [-0.4, -0.2) is 0 Å². The zero-order valence-electron chi connectivity index (χ0n) is 9.94. The quantitative estimate of drug-likeness (QED) is 0.877. The summed E-state index contributed by atoms with van der Waals surface area (Å²) in [6.45, 7) is 0. The molecule has 2 rings (SSSR count). The maximum absolute atomic E-state index is 13.4. The van der Waals surface area contributed by atoms with Gasteiger partial charge in [-0.2, -0.15) is 0 Å². The van der Waals surface area contributed by atoms with Crippen molar-refractivity contribution in [2.45, 2.75) is 18.9 Å². The minimum Gasteiger partial charge on any atom is -0.324 e. The molecule has 0 fully saturated rings. The molecule has 0 saturated heterocycles. The Morgan fingerprint density at radius 3 is 2.39 bits per heavy atom. The minimum atomic E-state index is -0.805. The van der Waals surface area contributed by atoms with E-state index >= 15 is 0 Å². The Hall–Kier alpha value is -1.74. The lowest BCUT2D eigenvalue weighted by atomic mass is 9.99. The van der Waals surface area contributed by atoms with Gasteiger partial charge in [0, 0.05) is 6.04 Å². The van der Waals surface area contributed by atoms with E-state index in [1.165, 1.54) is 6.07 Å². The van der Waals surface area contributed by atoms with Crippen molar-refractivity contribution in [1.29, 1.82) is 0 Å². The molecule has 0 heterocycles. The number of benzene rings is 2. The van der Waals surface area contributed by atoms with Crippen molar-refractivity contribution in [3.63, 3.8) is 0 Å². The zero-order chi connectivity index (χ0) is 13.0. The van der Waals surface area contributed by atoms with Gasteiger partial charge in [0.15, 0.2) is 11.6 Å². The molecular weight excluding hydrogens is 232 g/mol. The topological polar surface area (TPSA) is 26.0 Å². The van der Waals surface area contributed by atoms with E-state index in [-0.39, 0.29) is 6.04 Å². The van der Waals surface area contributed by atoms with E-state index in [1.54, 1.807) is 6.07 Å². The molecule has 94 valence electrons. The molecule has 18 heavy (non-hydrogen) atoms. The van der Waals surface area contributed by atoms with E-state index in [0.29, 0.717) is 18.4 Å². The lowest BCUT2D eigenvalue weighted by Crippen LogP contribution is -2.11. The molecule has 2 N–H and O–H groups in total. The van der Waals surface area contributed by atoms with Gasteiger partial charge in [-0.15, -0.1) is 0 Å². The number of hydrogen-bond acceptors (Lipinski definition) is 1.